The van der Waals surface area contributed by atoms with Gasteiger partial charge in [-0.2, -0.15) is 0 Å². The number of halogens is 1. The molecule has 3 unspecified atom stereocenters. The number of nitrogens with one attached hydrogen (secondary N) is 1. The molecule has 0 amide bonds. The first-order valence-corrected chi connectivity index (χ1v) is 6.67. The molecule has 2 rings (SSSR count). The fraction of sp³-hybridized carbons (Fsp3) is 0.615. The Kier molecular flexibility index (Phi) is 5.39. The summed E-state index contributed by atoms with van der Waals surface area (Å²) in [5.74, 6) is 0.674. The van der Waals surface area contributed by atoms with Gasteiger partial charge in [-0.15, -0.1) is 0 Å². The summed E-state index contributed by atoms with van der Waals surface area (Å²) >= 11 is 5.88. The van der Waals surface area contributed by atoms with Crippen LogP contribution >= 0.6 is 11.6 Å². The average molecular weight is 287 g/mol. The molecule has 1 fully saturated rings. The standard InChI is InChI=1S/C13H19ClN2O3/c1-15-11-6-12(13(11)18-4-3-17-2)19-10-5-9(14)7-16-8-10/h5,7-8,11-13,15H,3-4,6H2,1-2H3. The van der Waals surface area contributed by atoms with Crippen molar-refractivity contribution in [3.05, 3.63) is 23.5 Å². The average Bonchev–Trinajstić information content (AvgIpc) is 2.39. The molecule has 0 radical (unpaired) electrons. The van der Waals surface area contributed by atoms with Crippen molar-refractivity contribution >= 4 is 11.6 Å². The van der Waals surface area contributed by atoms with Crippen LogP contribution in [-0.2, 0) is 9.47 Å². The highest BCUT2D eigenvalue weighted by Crippen LogP contribution is 2.29. The van der Waals surface area contributed by atoms with Crippen molar-refractivity contribution in [1.29, 1.82) is 0 Å². The second kappa shape index (κ2) is 7.05. The van der Waals surface area contributed by atoms with Crippen LogP contribution < -0.4 is 10.1 Å². The molecular formula is C13H19ClN2O3. The van der Waals surface area contributed by atoms with Gasteiger partial charge in [-0.05, 0) is 7.05 Å². The Labute approximate surface area is 118 Å². The van der Waals surface area contributed by atoms with E-state index in [2.05, 4.69) is 10.3 Å². The Morgan fingerprint density at radius 3 is 2.95 bits per heavy atom. The van der Waals surface area contributed by atoms with Crippen LogP contribution in [0.3, 0.4) is 0 Å². The summed E-state index contributed by atoms with van der Waals surface area (Å²) in [6.45, 7) is 1.14. The molecule has 5 nitrogen and oxygen atoms in total. The third-order valence-corrected chi connectivity index (χ3v) is 3.39. The Balaban J connectivity index is 1.88. The SMILES string of the molecule is CNC1CC(Oc2cncc(Cl)c2)C1OCCOC. The third kappa shape index (κ3) is 3.79. The van der Waals surface area contributed by atoms with Gasteiger partial charge in [-0.1, -0.05) is 11.6 Å². The molecule has 1 heterocycles. The van der Waals surface area contributed by atoms with Crippen molar-refractivity contribution in [2.75, 3.05) is 27.4 Å². The minimum absolute atomic E-state index is 0.0228. The summed E-state index contributed by atoms with van der Waals surface area (Å²) in [6.07, 6.45) is 4.19. The predicted molar refractivity (Wildman–Crippen MR) is 72.7 cm³/mol. The minimum atomic E-state index is 0.0228. The topological polar surface area (TPSA) is 52.6 Å². The van der Waals surface area contributed by atoms with Crippen LogP contribution in [0.15, 0.2) is 18.5 Å². The molecule has 0 aromatic carbocycles. The van der Waals surface area contributed by atoms with E-state index in [1.165, 1.54) is 0 Å². The van der Waals surface area contributed by atoms with E-state index in [9.17, 15) is 0 Å². The van der Waals surface area contributed by atoms with E-state index in [1.54, 1.807) is 25.6 Å². The van der Waals surface area contributed by atoms with Crippen molar-refractivity contribution in [2.24, 2.45) is 0 Å². The molecule has 1 aliphatic rings. The second-order valence-electron chi connectivity index (χ2n) is 4.45. The lowest BCUT2D eigenvalue weighted by Crippen LogP contribution is -2.60. The normalized spacial score (nSPS) is 25.9. The van der Waals surface area contributed by atoms with Crippen LogP contribution in [0.5, 0.6) is 5.75 Å². The van der Waals surface area contributed by atoms with Gasteiger partial charge in [0.15, 0.2) is 0 Å². The van der Waals surface area contributed by atoms with Crippen molar-refractivity contribution in [3.63, 3.8) is 0 Å². The van der Waals surface area contributed by atoms with Gasteiger partial charge in [0.2, 0.25) is 0 Å². The number of methoxy groups -OCH3 is 1. The number of hydrogen-bond donors (Lipinski definition) is 1. The fourth-order valence-electron chi connectivity index (χ4n) is 2.10. The summed E-state index contributed by atoms with van der Waals surface area (Å²) in [4.78, 5) is 4.00. The summed E-state index contributed by atoms with van der Waals surface area (Å²) in [5.41, 5.74) is 0. The maximum Gasteiger partial charge on any atom is 0.139 e. The van der Waals surface area contributed by atoms with Crippen LogP contribution in [0.1, 0.15) is 6.42 Å². The first kappa shape index (κ1) is 14.5. The summed E-state index contributed by atoms with van der Waals surface area (Å²) in [5, 5.41) is 3.79. The van der Waals surface area contributed by atoms with Crippen molar-refractivity contribution < 1.29 is 14.2 Å². The number of pyridine rings is 1. The summed E-state index contributed by atoms with van der Waals surface area (Å²) in [6, 6.07) is 2.07. The van der Waals surface area contributed by atoms with Crippen LogP contribution in [-0.4, -0.2) is 50.6 Å². The zero-order chi connectivity index (χ0) is 13.7. The largest absolute Gasteiger partial charge is 0.486 e. The molecule has 1 aliphatic carbocycles. The van der Waals surface area contributed by atoms with Gasteiger partial charge in [0.25, 0.3) is 0 Å². The van der Waals surface area contributed by atoms with Gasteiger partial charge in [0.05, 0.1) is 24.4 Å². The maximum atomic E-state index is 5.88. The molecule has 19 heavy (non-hydrogen) atoms. The lowest BCUT2D eigenvalue weighted by Gasteiger charge is -2.43. The van der Waals surface area contributed by atoms with E-state index in [0.717, 1.165) is 6.42 Å². The Morgan fingerprint density at radius 2 is 2.26 bits per heavy atom. The zero-order valence-electron chi connectivity index (χ0n) is 11.1. The maximum absolute atomic E-state index is 5.88. The molecule has 1 aromatic heterocycles. The van der Waals surface area contributed by atoms with Gasteiger partial charge in [-0.3, -0.25) is 4.98 Å². The van der Waals surface area contributed by atoms with Crippen LogP contribution in [0.25, 0.3) is 0 Å². The van der Waals surface area contributed by atoms with E-state index in [4.69, 9.17) is 25.8 Å². The molecule has 0 bridgehead atoms. The molecule has 0 saturated heterocycles. The highest BCUT2D eigenvalue weighted by atomic mass is 35.5. The molecule has 0 aliphatic heterocycles. The quantitative estimate of drug-likeness (QED) is 0.770. The van der Waals surface area contributed by atoms with E-state index in [-0.39, 0.29) is 12.2 Å². The molecule has 1 aromatic rings. The first-order valence-electron chi connectivity index (χ1n) is 6.29. The number of hydrogen-bond acceptors (Lipinski definition) is 5. The molecular weight excluding hydrogens is 268 g/mol. The summed E-state index contributed by atoms with van der Waals surface area (Å²) < 4.78 is 16.6. The second-order valence-corrected chi connectivity index (χ2v) is 4.89. The summed E-state index contributed by atoms with van der Waals surface area (Å²) in [7, 11) is 3.58. The van der Waals surface area contributed by atoms with E-state index >= 15 is 0 Å². The lowest BCUT2D eigenvalue weighted by atomic mass is 9.85. The van der Waals surface area contributed by atoms with E-state index in [0.29, 0.717) is 30.0 Å². The van der Waals surface area contributed by atoms with Crippen molar-refractivity contribution in [3.8, 4) is 5.75 Å². The molecule has 6 heteroatoms. The van der Waals surface area contributed by atoms with E-state index in [1.807, 2.05) is 7.05 Å². The minimum Gasteiger partial charge on any atom is -0.486 e. The number of aromatic nitrogens is 1. The fourth-order valence-corrected chi connectivity index (χ4v) is 2.27. The zero-order valence-corrected chi connectivity index (χ0v) is 11.9. The molecule has 1 N–H and O–H groups in total. The van der Waals surface area contributed by atoms with Crippen LogP contribution in [0, 0.1) is 0 Å². The number of likely N-dealkylation sites (N-methyl/N-ethyl adjacent to an activating group) is 1. The smallest absolute Gasteiger partial charge is 0.139 e. The molecule has 1 saturated carbocycles. The Hall–Kier alpha value is -0.880. The highest BCUT2D eigenvalue weighted by Gasteiger charge is 2.43. The van der Waals surface area contributed by atoms with Gasteiger partial charge in [0, 0.05) is 31.8 Å². The lowest BCUT2D eigenvalue weighted by molar-refractivity contribution is -0.114. The first-order chi connectivity index (χ1) is 9.24. The number of rotatable bonds is 7. The van der Waals surface area contributed by atoms with Crippen LogP contribution in [0.2, 0.25) is 5.02 Å². The van der Waals surface area contributed by atoms with Crippen molar-refractivity contribution in [2.45, 2.75) is 24.7 Å². The highest BCUT2D eigenvalue weighted by molar-refractivity contribution is 6.30. The molecule has 106 valence electrons. The predicted octanol–water partition coefficient (Wildman–Crippen LogP) is 1.51. The third-order valence-electron chi connectivity index (χ3n) is 3.19. The van der Waals surface area contributed by atoms with Gasteiger partial charge >= 0.3 is 0 Å². The number of ether oxygens (including phenoxy) is 3. The van der Waals surface area contributed by atoms with Gasteiger partial charge < -0.3 is 19.5 Å². The van der Waals surface area contributed by atoms with Gasteiger partial charge in [-0.25, -0.2) is 0 Å². The van der Waals surface area contributed by atoms with E-state index < -0.39 is 0 Å². The molecule has 0 spiro atoms. The monoisotopic (exact) mass is 286 g/mol. The Morgan fingerprint density at radius 1 is 1.42 bits per heavy atom. The van der Waals surface area contributed by atoms with Gasteiger partial charge in [0.1, 0.15) is 18.0 Å². The molecule has 3 atom stereocenters. The number of nitrogens with zero attached hydrogens (tertiary/aromatic N) is 1. The van der Waals surface area contributed by atoms with Crippen molar-refractivity contribution in [1.82, 2.24) is 10.3 Å². The Bertz CT molecular complexity index is 405. The van der Waals surface area contributed by atoms with Crippen LogP contribution in [0.4, 0.5) is 0 Å².